The summed E-state index contributed by atoms with van der Waals surface area (Å²) in [6.45, 7) is 0. The van der Waals surface area contributed by atoms with Crippen LogP contribution in [0.25, 0.3) is 28.0 Å². The number of benzene rings is 1. The molecule has 1 N–H and O–H groups in total. The van der Waals surface area contributed by atoms with E-state index in [1.54, 1.807) is 24.3 Å². The number of carbonyl (C=O) groups excluding carboxylic acids is 1. The summed E-state index contributed by atoms with van der Waals surface area (Å²) in [6, 6.07) is 7.26. The number of aromatic nitrogens is 7. The second kappa shape index (κ2) is 9.17. The fraction of sp³-hybridized carbons (Fsp3) is 0.0870. The highest BCUT2D eigenvalue weighted by atomic mass is 19.4. The number of hydrogen-bond acceptors (Lipinski definition) is 7. The minimum atomic E-state index is -5.09. The predicted molar refractivity (Wildman–Crippen MR) is 120 cm³/mol. The number of halogens is 6. The van der Waals surface area contributed by atoms with Crippen molar-refractivity contribution in [3.05, 3.63) is 84.3 Å². The molecule has 0 atom stereocenters. The second-order valence-corrected chi connectivity index (χ2v) is 7.73. The largest absolute Gasteiger partial charge is 0.434 e. The van der Waals surface area contributed by atoms with Crippen molar-refractivity contribution in [3.8, 4) is 17.2 Å². The molecule has 192 valence electrons. The Bertz CT molecular complexity index is 1650. The zero-order valence-electron chi connectivity index (χ0n) is 18.7. The molecule has 4 aromatic heterocycles. The SMILES string of the molecule is O=C(Nc1cnc(-n2nccn2)c(C(F)(F)F)c1)c1cnc(-c2cncc3ccccc23)nc1C(F)(F)F. The fourth-order valence-corrected chi connectivity index (χ4v) is 3.61. The van der Waals surface area contributed by atoms with Gasteiger partial charge >= 0.3 is 12.4 Å². The Labute approximate surface area is 208 Å². The summed E-state index contributed by atoms with van der Waals surface area (Å²) in [5, 5.41) is 10.4. The Morgan fingerprint density at radius 3 is 2.32 bits per heavy atom. The van der Waals surface area contributed by atoms with Gasteiger partial charge in [0.2, 0.25) is 0 Å². The van der Waals surface area contributed by atoms with Gasteiger partial charge in [0.05, 0.1) is 29.8 Å². The van der Waals surface area contributed by atoms with Crippen molar-refractivity contribution in [1.29, 1.82) is 0 Å². The third-order valence-electron chi connectivity index (χ3n) is 5.25. The molecule has 0 fully saturated rings. The number of rotatable bonds is 4. The number of pyridine rings is 2. The lowest BCUT2D eigenvalue weighted by molar-refractivity contribution is -0.141. The quantitative estimate of drug-likeness (QED) is 0.327. The molecule has 4 heterocycles. The van der Waals surface area contributed by atoms with Gasteiger partial charge in [-0.25, -0.2) is 15.0 Å². The van der Waals surface area contributed by atoms with Gasteiger partial charge in [0.1, 0.15) is 5.56 Å². The zero-order valence-corrected chi connectivity index (χ0v) is 18.7. The highest BCUT2D eigenvalue weighted by Gasteiger charge is 2.39. The van der Waals surface area contributed by atoms with Gasteiger partial charge in [0.15, 0.2) is 17.3 Å². The van der Waals surface area contributed by atoms with E-state index in [0.29, 0.717) is 27.8 Å². The molecule has 38 heavy (non-hydrogen) atoms. The molecule has 0 aliphatic rings. The summed E-state index contributed by atoms with van der Waals surface area (Å²) in [7, 11) is 0. The molecule has 1 amide bonds. The number of carbonyl (C=O) groups is 1. The monoisotopic (exact) mass is 530 g/mol. The van der Waals surface area contributed by atoms with Gasteiger partial charge < -0.3 is 5.32 Å². The number of fused-ring (bicyclic) bond motifs is 1. The van der Waals surface area contributed by atoms with Crippen LogP contribution in [-0.2, 0) is 12.4 Å². The topological polar surface area (TPSA) is 111 Å². The van der Waals surface area contributed by atoms with Gasteiger partial charge in [-0.2, -0.15) is 36.5 Å². The van der Waals surface area contributed by atoms with Crippen molar-refractivity contribution < 1.29 is 31.1 Å². The Hall–Kier alpha value is -4.95. The molecule has 0 aliphatic carbocycles. The Balaban J connectivity index is 1.53. The first kappa shape index (κ1) is 24.7. The van der Waals surface area contributed by atoms with Crippen molar-refractivity contribution in [2.24, 2.45) is 0 Å². The summed E-state index contributed by atoms with van der Waals surface area (Å²) >= 11 is 0. The average molecular weight is 530 g/mol. The molecule has 5 aromatic rings. The lowest BCUT2D eigenvalue weighted by Gasteiger charge is -2.15. The highest BCUT2D eigenvalue weighted by molar-refractivity contribution is 6.05. The Morgan fingerprint density at radius 2 is 1.61 bits per heavy atom. The third kappa shape index (κ3) is 4.72. The maximum Gasteiger partial charge on any atom is 0.434 e. The molecule has 0 saturated heterocycles. The summed E-state index contributed by atoms with van der Waals surface area (Å²) in [4.78, 5) is 28.5. The molecule has 15 heteroatoms. The molecule has 0 aliphatic heterocycles. The second-order valence-electron chi connectivity index (χ2n) is 7.73. The fourth-order valence-electron chi connectivity index (χ4n) is 3.61. The van der Waals surface area contributed by atoms with Crippen LogP contribution in [0.2, 0.25) is 0 Å². The van der Waals surface area contributed by atoms with Gasteiger partial charge in [-0.1, -0.05) is 24.3 Å². The molecule has 5 rings (SSSR count). The van der Waals surface area contributed by atoms with Gasteiger partial charge in [-0.05, 0) is 11.5 Å². The number of alkyl halides is 6. The van der Waals surface area contributed by atoms with E-state index < -0.39 is 46.6 Å². The smallest absolute Gasteiger partial charge is 0.320 e. The van der Waals surface area contributed by atoms with E-state index in [9.17, 15) is 31.1 Å². The van der Waals surface area contributed by atoms with Gasteiger partial charge in [0.25, 0.3) is 5.91 Å². The van der Waals surface area contributed by atoms with Gasteiger partial charge in [-0.15, -0.1) is 4.80 Å². The molecule has 0 radical (unpaired) electrons. The number of hydrogen-bond donors (Lipinski definition) is 1. The first-order chi connectivity index (χ1) is 18.0. The summed E-state index contributed by atoms with van der Waals surface area (Å²) in [5.41, 5.74) is -4.22. The molecule has 0 unspecified atom stereocenters. The van der Waals surface area contributed by atoms with Crippen molar-refractivity contribution in [2.45, 2.75) is 12.4 Å². The molecule has 9 nitrogen and oxygen atoms in total. The van der Waals surface area contributed by atoms with Crippen LogP contribution in [-0.4, -0.2) is 40.8 Å². The summed E-state index contributed by atoms with van der Waals surface area (Å²) in [6.07, 6.45) is -3.47. The first-order valence-electron chi connectivity index (χ1n) is 10.5. The minimum Gasteiger partial charge on any atom is -0.320 e. The lowest BCUT2D eigenvalue weighted by atomic mass is 10.1. The number of amides is 1. The van der Waals surface area contributed by atoms with Crippen molar-refractivity contribution >= 4 is 22.4 Å². The molecule has 0 saturated carbocycles. The zero-order chi connectivity index (χ0) is 27.1. The average Bonchev–Trinajstić information content (AvgIpc) is 3.42. The van der Waals surface area contributed by atoms with Crippen LogP contribution < -0.4 is 5.32 Å². The Morgan fingerprint density at radius 1 is 0.868 bits per heavy atom. The van der Waals surface area contributed by atoms with Crippen LogP contribution in [0.15, 0.2) is 67.5 Å². The molecule has 0 spiro atoms. The van der Waals surface area contributed by atoms with Crippen LogP contribution in [0, 0.1) is 0 Å². The van der Waals surface area contributed by atoms with Crippen molar-refractivity contribution in [3.63, 3.8) is 0 Å². The standard InChI is InChI=1S/C23H12F6N8O/c24-22(25,26)17-7-13(9-32-20(17)37-33-5-6-34-37)35-21(38)16-11-31-19(36-18(16)23(27,28)29)15-10-30-8-12-3-1-2-4-14(12)15/h1-11H,(H,35,38). The van der Waals surface area contributed by atoms with E-state index in [0.717, 1.165) is 18.6 Å². The van der Waals surface area contributed by atoms with Gasteiger partial charge in [-0.3, -0.25) is 9.78 Å². The van der Waals surface area contributed by atoms with E-state index in [-0.39, 0.29) is 11.4 Å². The van der Waals surface area contributed by atoms with Crippen molar-refractivity contribution in [1.82, 2.24) is 34.9 Å². The minimum absolute atomic E-state index is 0.197. The third-order valence-corrected chi connectivity index (χ3v) is 5.25. The lowest BCUT2D eigenvalue weighted by Crippen LogP contribution is -2.22. The predicted octanol–water partition coefficient (Wildman–Crippen LogP) is 4.96. The number of nitrogens with zero attached hydrogens (tertiary/aromatic N) is 7. The molecular formula is C23H12F6N8O. The first-order valence-corrected chi connectivity index (χ1v) is 10.5. The van der Waals surface area contributed by atoms with E-state index >= 15 is 0 Å². The van der Waals surface area contributed by atoms with E-state index in [1.807, 2.05) is 5.32 Å². The van der Waals surface area contributed by atoms with Crippen LogP contribution in [0.1, 0.15) is 21.6 Å². The molecule has 1 aromatic carbocycles. The maximum absolute atomic E-state index is 13.9. The van der Waals surface area contributed by atoms with E-state index in [4.69, 9.17) is 0 Å². The van der Waals surface area contributed by atoms with E-state index in [1.165, 1.54) is 12.4 Å². The molecular weight excluding hydrogens is 518 g/mol. The normalized spacial score (nSPS) is 12.1. The summed E-state index contributed by atoms with van der Waals surface area (Å²) in [5.74, 6) is -2.41. The highest BCUT2D eigenvalue weighted by Crippen LogP contribution is 2.35. The van der Waals surface area contributed by atoms with Crippen LogP contribution in [0.4, 0.5) is 32.0 Å². The van der Waals surface area contributed by atoms with Crippen LogP contribution in [0.3, 0.4) is 0 Å². The van der Waals surface area contributed by atoms with Crippen LogP contribution in [0.5, 0.6) is 0 Å². The molecule has 0 bridgehead atoms. The summed E-state index contributed by atoms with van der Waals surface area (Å²) < 4.78 is 82.6. The number of nitrogens with one attached hydrogen (secondary N) is 1. The van der Waals surface area contributed by atoms with Crippen LogP contribution >= 0.6 is 0 Å². The number of anilines is 1. The van der Waals surface area contributed by atoms with Gasteiger partial charge in [0, 0.05) is 29.5 Å². The van der Waals surface area contributed by atoms with Crippen molar-refractivity contribution in [2.75, 3.05) is 5.32 Å². The Kier molecular flexibility index (Phi) is 5.97. The van der Waals surface area contributed by atoms with E-state index in [2.05, 4.69) is 30.1 Å². The maximum atomic E-state index is 13.9.